The number of hydrogen-bond donors (Lipinski definition) is 1. The molecule has 0 radical (unpaired) electrons. The molecule has 0 unspecified atom stereocenters. The summed E-state index contributed by atoms with van der Waals surface area (Å²) in [7, 11) is 0. The molecular formula is C17H25BrN2O. The van der Waals surface area contributed by atoms with E-state index in [2.05, 4.69) is 39.0 Å². The summed E-state index contributed by atoms with van der Waals surface area (Å²) in [5.74, 6) is 0. The summed E-state index contributed by atoms with van der Waals surface area (Å²) >= 11 is 3.66. The summed E-state index contributed by atoms with van der Waals surface area (Å²) in [6, 6.07) is 6.72. The molecule has 4 heteroatoms. The van der Waals surface area contributed by atoms with Crippen molar-refractivity contribution in [2.24, 2.45) is 5.73 Å². The summed E-state index contributed by atoms with van der Waals surface area (Å²) in [4.78, 5) is 2.47. The van der Waals surface area contributed by atoms with Crippen LogP contribution >= 0.6 is 15.9 Å². The Morgan fingerprint density at radius 1 is 1.14 bits per heavy atom. The van der Waals surface area contributed by atoms with Crippen molar-refractivity contribution in [3.8, 4) is 0 Å². The molecule has 1 aromatic carbocycles. The van der Waals surface area contributed by atoms with E-state index in [0.29, 0.717) is 0 Å². The molecule has 1 aliphatic heterocycles. The number of ether oxygens (including phenoxy) is 1. The van der Waals surface area contributed by atoms with Gasteiger partial charge >= 0.3 is 0 Å². The maximum Gasteiger partial charge on any atom is 0.0642 e. The highest BCUT2D eigenvalue weighted by atomic mass is 79.9. The van der Waals surface area contributed by atoms with Crippen LogP contribution < -0.4 is 10.6 Å². The maximum absolute atomic E-state index is 6.26. The second-order valence-corrected chi connectivity index (χ2v) is 7.22. The van der Waals surface area contributed by atoms with E-state index < -0.39 is 0 Å². The molecule has 1 heterocycles. The Morgan fingerprint density at radius 2 is 1.86 bits per heavy atom. The molecule has 2 N–H and O–H groups in total. The SMILES string of the molecule is NCC1(c2cc(Br)ccc2N2CCOCC2)CCCCC1. The molecule has 116 valence electrons. The highest BCUT2D eigenvalue weighted by Gasteiger charge is 2.35. The smallest absolute Gasteiger partial charge is 0.0642 e. The summed E-state index contributed by atoms with van der Waals surface area (Å²) in [5, 5.41) is 0. The van der Waals surface area contributed by atoms with Gasteiger partial charge in [-0.3, -0.25) is 0 Å². The molecule has 1 aliphatic carbocycles. The fourth-order valence-electron chi connectivity index (χ4n) is 3.83. The minimum Gasteiger partial charge on any atom is -0.378 e. The predicted octanol–water partition coefficient (Wildman–Crippen LogP) is 3.45. The lowest BCUT2D eigenvalue weighted by molar-refractivity contribution is 0.122. The summed E-state index contributed by atoms with van der Waals surface area (Å²) in [5.41, 5.74) is 9.24. The number of benzene rings is 1. The molecule has 3 rings (SSSR count). The van der Waals surface area contributed by atoms with E-state index in [0.717, 1.165) is 37.3 Å². The number of nitrogens with zero attached hydrogens (tertiary/aromatic N) is 1. The Labute approximate surface area is 136 Å². The monoisotopic (exact) mass is 352 g/mol. The largest absolute Gasteiger partial charge is 0.378 e. The maximum atomic E-state index is 6.26. The Hall–Kier alpha value is -0.580. The first-order valence-electron chi connectivity index (χ1n) is 8.08. The zero-order chi connectivity index (χ0) is 14.7. The molecule has 21 heavy (non-hydrogen) atoms. The van der Waals surface area contributed by atoms with Crippen LogP contribution in [0.1, 0.15) is 37.7 Å². The van der Waals surface area contributed by atoms with Crippen molar-refractivity contribution < 1.29 is 4.74 Å². The van der Waals surface area contributed by atoms with Crippen molar-refractivity contribution in [2.45, 2.75) is 37.5 Å². The first-order chi connectivity index (χ1) is 10.2. The highest BCUT2D eigenvalue weighted by Crippen LogP contribution is 2.43. The van der Waals surface area contributed by atoms with Gasteiger partial charge in [0.15, 0.2) is 0 Å². The van der Waals surface area contributed by atoms with Crippen LogP contribution in [0.3, 0.4) is 0 Å². The second-order valence-electron chi connectivity index (χ2n) is 6.31. The molecule has 0 bridgehead atoms. The topological polar surface area (TPSA) is 38.5 Å². The van der Waals surface area contributed by atoms with Crippen LogP contribution in [0.5, 0.6) is 0 Å². The van der Waals surface area contributed by atoms with Gasteiger partial charge in [-0.1, -0.05) is 35.2 Å². The number of halogens is 1. The summed E-state index contributed by atoms with van der Waals surface area (Å²) in [6.45, 7) is 4.36. The van der Waals surface area contributed by atoms with Crippen LogP contribution in [0.4, 0.5) is 5.69 Å². The average molecular weight is 353 g/mol. The van der Waals surface area contributed by atoms with E-state index in [4.69, 9.17) is 10.5 Å². The number of morpholine rings is 1. The van der Waals surface area contributed by atoms with E-state index in [-0.39, 0.29) is 5.41 Å². The highest BCUT2D eigenvalue weighted by molar-refractivity contribution is 9.10. The molecule has 1 saturated carbocycles. The van der Waals surface area contributed by atoms with Crippen LogP contribution in [0.15, 0.2) is 22.7 Å². The van der Waals surface area contributed by atoms with Crippen molar-refractivity contribution in [1.29, 1.82) is 0 Å². The second kappa shape index (κ2) is 6.67. The normalized spacial score (nSPS) is 22.3. The van der Waals surface area contributed by atoms with Crippen LogP contribution in [0, 0.1) is 0 Å². The van der Waals surface area contributed by atoms with Crippen molar-refractivity contribution in [2.75, 3.05) is 37.7 Å². The Kier molecular flexibility index (Phi) is 4.87. The first kappa shape index (κ1) is 15.3. The molecule has 0 spiro atoms. The van der Waals surface area contributed by atoms with Crippen molar-refractivity contribution in [3.05, 3.63) is 28.2 Å². The Morgan fingerprint density at radius 3 is 2.52 bits per heavy atom. The molecule has 2 fully saturated rings. The fraction of sp³-hybridized carbons (Fsp3) is 0.647. The van der Waals surface area contributed by atoms with Crippen LogP contribution in [-0.2, 0) is 10.2 Å². The van der Waals surface area contributed by atoms with Crippen molar-refractivity contribution >= 4 is 21.6 Å². The molecule has 0 atom stereocenters. The number of anilines is 1. The minimum atomic E-state index is 0.162. The van der Waals surface area contributed by atoms with Gasteiger partial charge in [-0.15, -0.1) is 0 Å². The van der Waals surface area contributed by atoms with E-state index in [1.165, 1.54) is 43.4 Å². The van der Waals surface area contributed by atoms with E-state index in [1.54, 1.807) is 0 Å². The lowest BCUT2D eigenvalue weighted by Gasteiger charge is -2.41. The first-order valence-corrected chi connectivity index (χ1v) is 8.87. The third-order valence-electron chi connectivity index (χ3n) is 5.08. The summed E-state index contributed by atoms with van der Waals surface area (Å²) < 4.78 is 6.67. The molecule has 3 nitrogen and oxygen atoms in total. The third kappa shape index (κ3) is 3.13. The predicted molar refractivity (Wildman–Crippen MR) is 91.0 cm³/mol. The number of hydrogen-bond acceptors (Lipinski definition) is 3. The van der Waals surface area contributed by atoms with Gasteiger partial charge < -0.3 is 15.4 Å². The van der Waals surface area contributed by atoms with Gasteiger partial charge in [-0.2, -0.15) is 0 Å². The van der Waals surface area contributed by atoms with Gasteiger partial charge in [0.2, 0.25) is 0 Å². The quantitative estimate of drug-likeness (QED) is 0.905. The van der Waals surface area contributed by atoms with Gasteiger partial charge in [0.1, 0.15) is 0 Å². The Balaban J connectivity index is 2.00. The fourth-order valence-corrected chi connectivity index (χ4v) is 4.19. The van der Waals surface area contributed by atoms with Crippen molar-refractivity contribution in [1.82, 2.24) is 0 Å². The number of nitrogens with two attached hydrogens (primary N) is 1. The molecule has 1 saturated heterocycles. The van der Waals surface area contributed by atoms with Crippen molar-refractivity contribution in [3.63, 3.8) is 0 Å². The van der Waals surface area contributed by atoms with Gasteiger partial charge in [-0.05, 0) is 36.6 Å². The summed E-state index contributed by atoms with van der Waals surface area (Å²) in [6.07, 6.45) is 6.38. The van der Waals surface area contributed by atoms with E-state index in [9.17, 15) is 0 Å². The molecule has 0 amide bonds. The van der Waals surface area contributed by atoms with Crippen LogP contribution in [0.2, 0.25) is 0 Å². The van der Waals surface area contributed by atoms with Gasteiger partial charge in [-0.25, -0.2) is 0 Å². The number of rotatable bonds is 3. The molecule has 1 aromatic rings. The van der Waals surface area contributed by atoms with Crippen LogP contribution in [-0.4, -0.2) is 32.8 Å². The van der Waals surface area contributed by atoms with Gasteiger partial charge in [0, 0.05) is 35.2 Å². The average Bonchev–Trinajstić information content (AvgIpc) is 2.56. The van der Waals surface area contributed by atoms with Gasteiger partial charge in [0.05, 0.1) is 13.2 Å². The third-order valence-corrected chi connectivity index (χ3v) is 5.58. The molecular weight excluding hydrogens is 328 g/mol. The zero-order valence-corrected chi connectivity index (χ0v) is 14.2. The Bertz CT molecular complexity index is 480. The van der Waals surface area contributed by atoms with E-state index in [1.807, 2.05) is 0 Å². The zero-order valence-electron chi connectivity index (χ0n) is 12.6. The lowest BCUT2D eigenvalue weighted by atomic mass is 9.69. The molecule has 0 aromatic heterocycles. The lowest BCUT2D eigenvalue weighted by Crippen LogP contribution is -2.41. The minimum absolute atomic E-state index is 0.162. The van der Waals surface area contributed by atoms with Crippen LogP contribution in [0.25, 0.3) is 0 Å². The standard InChI is InChI=1S/C17H25BrN2O/c18-14-4-5-16(20-8-10-21-11-9-20)15(12-14)17(13-19)6-2-1-3-7-17/h4-5,12H,1-3,6-11,13,19H2. The van der Waals surface area contributed by atoms with Gasteiger partial charge in [0.25, 0.3) is 0 Å². The molecule has 2 aliphatic rings. The van der Waals surface area contributed by atoms with E-state index >= 15 is 0 Å².